The fourth-order valence-electron chi connectivity index (χ4n) is 2.82. The molecular formula is C19H32ClIN4O3. The number of hydrogen-bond acceptors (Lipinski definition) is 5. The molecule has 1 heterocycles. The van der Waals surface area contributed by atoms with Crippen LogP contribution < -0.4 is 20.1 Å². The molecule has 0 aromatic heterocycles. The van der Waals surface area contributed by atoms with Crippen molar-refractivity contribution in [3.05, 3.63) is 22.7 Å². The van der Waals surface area contributed by atoms with E-state index in [0.717, 1.165) is 57.5 Å². The van der Waals surface area contributed by atoms with Crippen molar-refractivity contribution in [3.8, 4) is 11.5 Å². The van der Waals surface area contributed by atoms with E-state index in [1.54, 1.807) is 7.11 Å². The molecular weight excluding hydrogens is 495 g/mol. The molecule has 0 saturated carbocycles. The number of halogens is 2. The molecule has 1 aliphatic rings. The third-order valence-electron chi connectivity index (χ3n) is 4.17. The van der Waals surface area contributed by atoms with Crippen LogP contribution in [0.5, 0.6) is 11.5 Å². The maximum Gasteiger partial charge on any atom is 0.191 e. The van der Waals surface area contributed by atoms with Crippen molar-refractivity contribution >= 4 is 41.5 Å². The van der Waals surface area contributed by atoms with Gasteiger partial charge in [-0.2, -0.15) is 0 Å². The number of methoxy groups -OCH3 is 1. The van der Waals surface area contributed by atoms with Crippen LogP contribution in [0, 0.1) is 0 Å². The highest BCUT2D eigenvalue weighted by Crippen LogP contribution is 2.36. The second-order valence-corrected chi connectivity index (χ2v) is 6.53. The Labute approximate surface area is 190 Å². The summed E-state index contributed by atoms with van der Waals surface area (Å²) in [6.45, 7) is 11.2. The van der Waals surface area contributed by atoms with Crippen molar-refractivity contribution in [1.29, 1.82) is 0 Å². The number of hydrogen-bond donors (Lipinski definition) is 2. The first-order valence-electron chi connectivity index (χ1n) is 9.49. The summed E-state index contributed by atoms with van der Waals surface area (Å²) in [5, 5.41) is 7.19. The van der Waals surface area contributed by atoms with Crippen LogP contribution in [0.1, 0.15) is 19.4 Å². The highest BCUT2D eigenvalue weighted by molar-refractivity contribution is 14.0. The largest absolute Gasteiger partial charge is 0.493 e. The number of ether oxygens (including phenoxy) is 3. The molecule has 1 saturated heterocycles. The summed E-state index contributed by atoms with van der Waals surface area (Å²) in [4.78, 5) is 7.04. The molecule has 1 aliphatic heterocycles. The van der Waals surface area contributed by atoms with Crippen LogP contribution in [0.2, 0.25) is 5.02 Å². The van der Waals surface area contributed by atoms with Crippen LogP contribution in [-0.4, -0.2) is 70.5 Å². The van der Waals surface area contributed by atoms with Gasteiger partial charge in [-0.25, -0.2) is 4.99 Å². The lowest BCUT2D eigenvalue weighted by molar-refractivity contribution is 0.0389. The van der Waals surface area contributed by atoms with Gasteiger partial charge in [-0.15, -0.1) is 24.0 Å². The molecule has 1 fully saturated rings. The van der Waals surface area contributed by atoms with Gasteiger partial charge in [-0.1, -0.05) is 11.6 Å². The summed E-state index contributed by atoms with van der Waals surface area (Å²) < 4.78 is 16.3. The second-order valence-electron chi connectivity index (χ2n) is 6.12. The minimum atomic E-state index is 0. The summed E-state index contributed by atoms with van der Waals surface area (Å²) >= 11 is 6.34. The highest BCUT2D eigenvalue weighted by atomic mass is 127. The zero-order valence-electron chi connectivity index (χ0n) is 16.9. The van der Waals surface area contributed by atoms with Crippen LogP contribution in [0.15, 0.2) is 17.1 Å². The minimum absolute atomic E-state index is 0. The number of aliphatic imine (C=N–C) groups is 1. The quantitative estimate of drug-likeness (QED) is 0.293. The van der Waals surface area contributed by atoms with Gasteiger partial charge in [0.25, 0.3) is 0 Å². The van der Waals surface area contributed by atoms with Crippen LogP contribution in [0.3, 0.4) is 0 Å². The van der Waals surface area contributed by atoms with Crippen molar-refractivity contribution < 1.29 is 14.2 Å². The van der Waals surface area contributed by atoms with E-state index in [-0.39, 0.29) is 24.0 Å². The molecule has 1 aromatic rings. The van der Waals surface area contributed by atoms with E-state index in [1.807, 2.05) is 19.1 Å². The van der Waals surface area contributed by atoms with Crippen molar-refractivity contribution in [2.24, 2.45) is 4.99 Å². The lowest BCUT2D eigenvalue weighted by atomic mass is 10.2. The van der Waals surface area contributed by atoms with Crippen molar-refractivity contribution in [2.45, 2.75) is 20.4 Å². The number of rotatable bonds is 9. The molecule has 0 amide bonds. The van der Waals surface area contributed by atoms with Crippen molar-refractivity contribution in [3.63, 3.8) is 0 Å². The molecule has 1 aromatic carbocycles. The fourth-order valence-corrected chi connectivity index (χ4v) is 3.11. The molecule has 0 unspecified atom stereocenters. The average molecular weight is 527 g/mol. The normalized spacial score (nSPS) is 14.9. The number of nitrogens with zero attached hydrogens (tertiary/aromatic N) is 2. The summed E-state index contributed by atoms with van der Waals surface area (Å²) in [6, 6.07) is 3.79. The molecule has 0 spiro atoms. The summed E-state index contributed by atoms with van der Waals surface area (Å²) in [7, 11) is 1.61. The Morgan fingerprint density at radius 2 is 2.00 bits per heavy atom. The first-order valence-corrected chi connectivity index (χ1v) is 9.87. The molecule has 160 valence electrons. The first kappa shape index (κ1) is 25.1. The van der Waals surface area contributed by atoms with Crippen LogP contribution in [-0.2, 0) is 11.3 Å². The summed E-state index contributed by atoms with van der Waals surface area (Å²) in [5.41, 5.74) is 0.964. The maximum absolute atomic E-state index is 6.34. The molecule has 7 nitrogen and oxygen atoms in total. The Morgan fingerprint density at radius 1 is 1.25 bits per heavy atom. The Morgan fingerprint density at radius 3 is 2.64 bits per heavy atom. The van der Waals surface area contributed by atoms with E-state index in [4.69, 9.17) is 25.8 Å². The van der Waals surface area contributed by atoms with Crippen LogP contribution >= 0.6 is 35.6 Å². The van der Waals surface area contributed by atoms with Gasteiger partial charge in [0.1, 0.15) is 0 Å². The maximum atomic E-state index is 6.34. The molecule has 28 heavy (non-hydrogen) atoms. The van der Waals surface area contributed by atoms with E-state index in [1.165, 1.54) is 0 Å². The molecule has 0 radical (unpaired) electrons. The molecule has 0 bridgehead atoms. The standard InChI is InChI=1S/C19H31ClN4O3.HI/c1-4-21-19(22-6-7-24-8-10-26-11-9-24)23-14-15-12-16(20)18(27-5-2)17(13-15)25-3;/h12-13H,4-11,14H2,1-3H3,(H2,21,22,23);1H. The zero-order chi connectivity index (χ0) is 19.5. The molecule has 2 N–H and O–H groups in total. The number of benzene rings is 1. The average Bonchev–Trinajstić information content (AvgIpc) is 2.68. The van der Waals surface area contributed by atoms with Gasteiger partial charge in [-0.3, -0.25) is 4.90 Å². The van der Waals surface area contributed by atoms with E-state index in [9.17, 15) is 0 Å². The van der Waals surface area contributed by atoms with Crippen molar-refractivity contribution in [1.82, 2.24) is 15.5 Å². The van der Waals surface area contributed by atoms with Gasteiger partial charge in [0, 0.05) is 32.7 Å². The smallest absolute Gasteiger partial charge is 0.191 e. The Hall–Kier alpha value is -0.970. The van der Waals surface area contributed by atoms with Gasteiger partial charge in [0.15, 0.2) is 17.5 Å². The van der Waals surface area contributed by atoms with Gasteiger partial charge in [-0.05, 0) is 31.5 Å². The second kappa shape index (κ2) is 14.1. The predicted molar refractivity (Wildman–Crippen MR) is 125 cm³/mol. The first-order chi connectivity index (χ1) is 13.2. The molecule has 0 atom stereocenters. The molecule has 2 rings (SSSR count). The Bertz CT molecular complexity index is 613. The van der Waals surface area contributed by atoms with E-state index in [2.05, 4.69) is 27.4 Å². The number of guanidine groups is 1. The molecule has 0 aliphatic carbocycles. The predicted octanol–water partition coefficient (Wildman–Crippen LogP) is 2.75. The van der Waals surface area contributed by atoms with E-state index >= 15 is 0 Å². The monoisotopic (exact) mass is 526 g/mol. The highest BCUT2D eigenvalue weighted by Gasteiger charge is 2.12. The van der Waals surface area contributed by atoms with Crippen molar-refractivity contribution in [2.75, 3.05) is 59.7 Å². The van der Waals surface area contributed by atoms with Crippen LogP contribution in [0.25, 0.3) is 0 Å². The topological polar surface area (TPSA) is 67.4 Å². The molecule has 9 heteroatoms. The zero-order valence-corrected chi connectivity index (χ0v) is 20.0. The Balaban J connectivity index is 0.00000392. The minimum Gasteiger partial charge on any atom is -0.493 e. The van der Waals surface area contributed by atoms with Gasteiger partial charge >= 0.3 is 0 Å². The lowest BCUT2D eigenvalue weighted by Gasteiger charge is -2.26. The lowest BCUT2D eigenvalue weighted by Crippen LogP contribution is -2.44. The fraction of sp³-hybridized carbons (Fsp3) is 0.632. The van der Waals surface area contributed by atoms with E-state index in [0.29, 0.717) is 29.7 Å². The summed E-state index contributed by atoms with van der Waals surface area (Å²) in [6.07, 6.45) is 0. The van der Waals surface area contributed by atoms with E-state index < -0.39 is 0 Å². The SMILES string of the molecule is CCNC(=NCc1cc(Cl)c(OCC)c(OC)c1)NCCN1CCOCC1.I. The van der Waals surface area contributed by atoms with Gasteiger partial charge in [0.05, 0.1) is 38.5 Å². The Kier molecular flexibility index (Phi) is 12.6. The number of morpholine rings is 1. The van der Waals surface area contributed by atoms with Gasteiger partial charge in [0.2, 0.25) is 0 Å². The van der Waals surface area contributed by atoms with Crippen LogP contribution in [0.4, 0.5) is 0 Å². The summed E-state index contributed by atoms with van der Waals surface area (Å²) in [5.74, 6) is 1.99. The third kappa shape index (κ3) is 8.18. The third-order valence-corrected chi connectivity index (χ3v) is 4.45. The number of nitrogens with one attached hydrogen (secondary N) is 2. The van der Waals surface area contributed by atoms with Gasteiger partial charge < -0.3 is 24.8 Å².